The summed E-state index contributed by atoms with van der Waals surface area (Å²) in [6, 6.07) is 0.632. The Morgan fingerprint density at radius 2 is 1.83 bits per heavy atom. The lowest BCUT2D eigenvalue weighted by atomic mass is 9.54. The van der Waals surface area contributed by atoms with Crippen LogP contribution in [0.15, 0.2) is 0 Å². The van der Waals surface area contributed by atoms with Gasteiger partial charge >= 0.3 is 0 Å². The van der Waals surface area contributed by atoms with Crippen molar-refractivity contribution in [2.75, 3.05) is 33.0 Å². The third kappa shape index (κ3) is 2.31. The van der Waals surface area contributed by atoms with E-state index < -0.39 is 0 Å². The first kappa shape index (κ1) is 15.1. The van der Waals surface area contributed by atoms with Crippen LogP contribution in [0.4, 0.5) is 0 Å². The Labute approximate surface area is 138 Å². The van der Waals surface area contributed by atoms with Crippen LogP contribution >= 0.6 is 0 Å². The fourth-order valence-corrected chi connectivity index (χ4v) is 5.93. The molecule has 0 aromatic carbocycles. The molecule has 0 bridgehead atoms. The summed E-state index contributed by atoms with van der Waals surface area (Å²) in [5, 5.41) is 3.87. The number of fused-ring (bicyclic) bond motifs is 2. The minimum Gasteiger partial charge on any atom is -0.381 e. The molecular formula is C18H29NO4. The normalized spacial score (nSPS) is 43.8. The van der Waals surface area contributed by atoms with Gasteiger partial charge in [-0.3, -0.25) is 0 Å². The minimum atomic E-state index is -0.353. The lowest BCUT2D eigenvalue weighted by molar-refractivity contribution is -0.211. The van der Waals surface area contributed by atoms with Gasteiger partial charge in [0.25, 0.3) is 0 Å². The van der Waals surface area contributed by atoms with Crippen LogP contribution in [-0.4, -0.2) is 57.0 Å². The van der Waals surface area contributed by atoms with E-state index in [0.717, 1.165) is 51.7 Å². The van der Waals surface area contributed by atoms with Crippen LogP contribution in [0.2, 0.25) is 0 Å². The monoisotopic (exact) mass is 323 g/mol. The van der Waals surface area contributed by atoms with Gasteiger partial charge in [-0.05, 0) is 19.3 Å². The summed E-state index contributed by atoms with van der Waals surface area (Å²) in [4.78, 5) is 0. The average Bonchev–Trinajstić information content (AvgIpc) is 3.28. The van der Waals surface area contributed by atoms with Crippen molar-refractivity contribution in [1.29, 1.82) is 0 Å². The molecule has 1 N–H and O–H groups in total. The van der Waals surface area contributed by atoms with Gasteiger partial charge in [0, 0.05) is 43.4 Å². The van der Waals surface area contributed by atoms with E-state index in [1.54, 1.807) is 0 Å². The molecule has 0 aromatic rings. The molecule has 2 saturated carbocycles. The van der Waals surface area contributed by atoms with Crippen molar-refractivity contribution < 1.29 is 18.9 Å². The van der Waals surface area contributed by atoms with Crippen LogP contribution in [0.3, 0.4) is 0 Å². The van der Waals surface area contributed by atoms with Gasteiger partial charge in [0.2, 0.25) is 0 Å². The Morgan fingerprint density at radius 3 is 2.65 bits per heavy atom. The Hall–Kier alpha value is -0.200. The van der Waals surface area contributed by atoms with Gasteiger partial charge < -0.3 is 24.3 Å². The van der Waals surface area contributed by atoms with Gasteiger partial charge in [-0.2, -0.15) is 0 Å². The molecule has 5 fully saturated rings. The first-order chi connectivity index (χ1) is 11.3. The van der Waals surface area contributed by atoms with Crippen molar-refractivity contribution in [3.63, 3.8) is 0 Å². The Kier molecular flexibility index (Phi) is 3.72. The van der Waals surface area contributed by atoms with Gasteiger partial charge in [-0.15, -0.1) is 0 Å². The average molecular weight is 323 g/mol. The van der Waals surface area contributed by atoms with Crippen molar-refractivity contribution in [3.8, 4) is 0 Å². The van der Waals surface area contributed by atoms with Gasteiger partial charge in [-0.25, -0.2) is 0 Å². The van der Waals surface area contributed by atoms with Crippen LogP contribution in [0.25, 0.3) is 0 Å². The minimum absolute atomic E-state index is 0.188. The van der Waals surface area contributed by atoms with Crippen molar-refractivity contribution >= 4 is 0 Å². The summed E-state index contributed by atoms with van der Waals surface area (Å²) in [6.07, 6.45) is 9.12. The van der Waals surface area contributed by atoms with Crippen LogP contribution in [0.5, 0.6) is 0 Å². The highest BCUT2D eigenvalue weighted by atomic mass is 16.7. The molecule has 3 aliphatic heterocycles. The summed E-state index contributed by atoms with van der Waals surface area (Å²) in [5.41, 5.74) is 0.428. The van der Waals surface area contributed by atoms with E-state index in [9.17, 15) is 0 Å². The molecular weight excluding hydrogens is 294 g/mol. The SMILES string of the molecule is C1CCC2(C1)[C@H](NC[C@@H]1COC3(CCOCC3)O1)[C@H]1CCO[C@H]12. The van der Waals surface area contributed by atoms with Gasteiger partial charge in [0.15, 0.2) is 5.79 Å². The van der Waals surface area contributed by atoms with Crippen LogP contribution in [0.1, 0.15) is 44.9 Å². The molecule has 3 saturated heterocycles. The zero-order valence-corrected chi connectivity index (χ0v) is 13.9. The molecule has 3 heterocycles. The van der Waals surface area contributed by atoms with Gasteiger partial charge in [0.05, 0.1) is 32.0 Å². The van der Waals surface area contributed by atoms with E-state index in [0.29, 0.717) is 17.6 Å². The summed E-state index contributed by atoms with van der Waals surface area (Å²) in [5.74, 6) is 0.376. The summed E-state index contributed by atoms with van der Waals surface area (Å²) in [7, 11) is 0. The first-order valence-electron chi connectivity index (χ1n) is 9.56. The van der Waals surface area contributed by atoms with E-state index in [1.165, 1.54) is 32.1 Å². The van der Waals surface area contributed by atoms with Crippen LogP contribution in [0, 0.1) is 11.3 Å². The molecule has 2 spiro atoms. The molecule has 0 unspecified atom stereocenters. The van der Waals surface area contributed by atoms with Crippen molar-refractivity contribution in [2.24, 2.45) is 11.3 Å². The summed E-state index contributed by atoms with van der Waals surface area (Å²) < 4.78 is 23.8. The fourth-order valence-electron chi connectivity index (χ4n) is 5.93. The molecule has 5 heteroatoms. The standard InChI is InChI=1S/C18H29NO4/c1-2-5-17(4-1)15(14-3-8-21-16(14)17)19-11-13-12-22-18(23-13)6-9-20-10-7-18/h13-16,19H,1-12H2/t13-,14-,15-,16-/m1/s1. The van der Waals surface area contributed by atoms with Crippen molar-refractivity contribution in [1.82, 2.24) is 5.32 Å². The highest BCUT2D eigenvalue weighted by Crippen LogP contribution is 2.60. The zero-order valence-electron chi connectivity index (χ0n) is 13.9. The molecule has 2 aliphatic carbocycles. The summed E-state index contributed by atoms with van der Waals surface area (Å²) >= 11 is 0. The second-order valence-electron chi connectivity index (χ2n) is 8.14. The van der Waals surface area contributed by atoms with Crippen LogP contribution in [-0.2, 0) is 18.9 Å². The predicted octanol–water partition coefficient (Wildman–Crippen LogP) is 1.85. The maximum atomic E-state index is 6.28. The number of hydrogen-bond donors (Lipinski definition) is 1. The third-order valence-corrected chi connectivity index (χ3v) is 7.02. The Morgan fingerprint density at radius 1 is 1.00 bits per heavy atom. The maximum absolute atomic E-state index is 6.28. The quantitative estimate of drug-likeness (QED) is 0.859. The Bertz CT molecular complexity index is 444. The van der Waals surface area contributed by atoms with Gasteiger partial charge in [-0.1, -0.05) is 12.8 Å². The predicted molar refractivity (Wildman–Crippen MR) is 84.1 cm³/mol. The van der Waals surface area contributed by atoms with Gasteiger partial charge in [0.1, 0.15) is 0 Å². The fraction of sp³-hybridized carbons (Fsp3) is 1.00. The molecule has 0 aromatic heterocycles. The molecule has 130 valence electrons. The lowest BCUT2D eigenvalue weighted by Crippen LogP contribution is -2.68. The molecule has 5 aliphatic rings. The highest BCUT2D eigenvalue weighted by Gasteiger charge is 2.64. The van der Waals surface area contributed by atoms with E-state index in [4.69, 9.17) is 18.9 Å². The molecule has 0 radical (unpaired) electrons. The largest absolute Gasteiger partial charge is 0.381 e. The number of nitrogens with one attached hydrogen (secondary N) is 1. The number of hydrogen-bond acceptors (Lipinski definition) is 5. The third-order valence-electron chi connectivity index (χ3n) is 7.02. The second kappa shape index (κ2) is 5.67. The number of rotatable bonds is 3. The first-order valence-corrected chi connectivity index (χ1v) is 9.56. The zero-order chi connectivity index (χ0) is 15.3. The topological polar surface area (TPSA) is 49.0 Å². The summed E-state index contributed by atoms with van der Waals surface area (Å²) in [6.45, 7) is 4.11. The van der Waals surface area contributed by atoms with E-state index >= 15 is 0 Å². The molecule has 5 nitrogen and oxygen atoms in total. The molecule has 4 atom stereocenters. The second-order valence-corrected chi connectivity index (χ2v) is 8.14. The van der Waals surface area contributed by atoms with E-state index in [2.05, 4.69) is 5.32 Å². The number of ether oxygens (including phenoxy) is 4. The highest BCUT2D eigenvalue weighted by molar-refractivity contribution is 5.16. The molecule has 5 rings (SSSR count). The Balaban J connectivity index is 1.20. The maximum Gasteiger partial charge on any atom is 0.173 e. The lowest BCUT2D eigenvalue weighted by Gasteiger charge is -2.57. The molecule has 23 heavy (non-hydrogen) atoms. The molecule has 0 amide bonds. The van der Waals surface area contributed by atoms with Crippen molar-refractivity contribution in [2.45, 2.75) is 69.0 Å². The van der Waals surface area contributed by atoms with E-state index in [-0.39, 0.29) is 11.9 Å². The smallest absolute Gasteiger partial charge is 0.173 e. The van der Waals surface area contributed by atoms with E-state index in [1.807, 2.05) is 0 Å². The van der Waals surface area contributed by atoms with Crippen molar-refractivity contribution in [3.05, 3.63) is 0 Å². The van der Waals surface area contributed by atoms with Crippen LogP contribution < -0.4 is 5.32 Å².